The number of anilines is 2. The van der Waals surface area contributed by atoms with Crippen LogP contribution in [0.3, 0.4) is 0 Å². The summed E-state index contributed by atoms with van der Waals surface area (Å²) in [6.07, 6.45) is 3.33. The third-order valence-corrected chi connectivity index (χ3v) is 4.36. The lowest BCUT2D eigenvalue weighted by Crippen LogP contribution is -2.58. The highest BCUT2D eigenvalue weighted by Crippen LogP contribution is 2.44. The maximum absolute atomic E-state index is 6.01. The van der Waals surface area contributed by atoms with Crippen LogP contribution in [0.2, 0.25) is 0 Å². The van der Waals surface area contributed by atoms with Gasteiger partial charge in [-0.1, -0.05) is 27.7 Å². The zero-order chi connectivity index (χ0) is 15.6. The van der Waals surface area contributed by atoms with Gasteiger partial charge in [-0.2, -0.15) is 0 Å². The summed E-state index contributed by atoms with van der Waals surface area (Å²) < 4.78 is 6.01. The van der Waals surface area contributed by atoms with Crippen LogP contribution in [0.15, 0.2) is 18.3 Å². The number of nitrogens with zero attached hydrogens (tertiary/aromatic N) is 2. The Kier molecular flexibility index (Phi) is 4.77. The number of rotatable bonds is 6. The Morgan fingerprint density at radius 2 is 2.10 bits per heavy atom. The fourth-order valence-electron chi connectivity index (χ4n) is 2.66. The minimum Gasteiger partial charge on any atom is -0.380 e. The van der Waals surface area contributed by atoms with Crippen molar-refractivity contribution in [2.45, 2.75) is 46.3 Å². The van der Waals surface area contributed by atoms with E-state index in [1.54, 1.807) is 0 Å². The zero-order valence-corrected chi connectivity index (χ0v) is 14.2. The molecule has 1 saturated carbocycles. The van der Waals surface area contributed by atoms with E-state index in [2.05, 4.69) is 44.1 Å². The molecule has 2 rings (SSSR count). The molecule has 0 bridgehead atoms. The number of pyridine rings is 1. The van der Waals surface area contributed by atoms with Crippen molar-refractivity contribution in [1.82, 2.24) is 4.98 Å². The molecule has 118 valence electrons. The Labute approximate surface area is 128 Å². The average Bonchev–Trinajstić information content (AvgIpc) is 2.42. The second kappa shape index (κ2) is 6.22. The average molecular weight is 291 g/mol. The third-order valence-electron chi connectivity index (χ3n) is 4.36. The molecular formula is C17H29N3O. The standard InChI is InChI=1S/C17H29N3O/c1-12(2)11-21-15-9-14(17(15,3)4)19-13-7-8-16(18-10-13)20(5)6/h7-8,10,12,14-15,19H,9,11H2,1-6H3. The molecule has 4 nitrogen and oxygen atoms in total. The largest absolute Gasteiger partial charge is 0.380 e. The maximum atomic E-state index is 6.01. The highest BCUT2D eigenvalue weighted by atomic mass is 16.5. The van der Waals surface area contributed by atoms with Gasteiger partial charge in [0.1, 0.15) is 5.82 Å². The molecule has 2 unspecified atom stereocenters. The Balaban J connectivity index is 1.90. The summed E-state index contributed by atoms with van der Waals surface area (Å²) in [6, 6.07) is 4.59. The fraction of sp³-hybridized carbons (Fsp3) is 0.706. The first-order valence-electron chi connectivity index (χ1n) is 7.82. The van der Waals surface area contributed by atoms with Crippen molar-refractivity contribution in [3.8, 4) is 0 Å². The van der Waals surface area contributed by atoms with Crippen LogP contribution in [-0.4, -0.2) is 37.8 Å². The topological polar surface area (TPSA) is 37.4 Å². The van der Waals surface area contributed by atoms with Gasteiger partial charge < -0.3 is 15.0 Å². The first-order chi connectivity index (χ1) is 9.80. The van der Waals surface area contributed by atoms with Crippen molar-refractivity contribution >= 4 is 11.5 Å². The molecule has 0 radical (unpaired) electrons. The molecular weight excluding hydrogens is 262 g/mol. The van der Waals surface area contributed by atoms with E-state index in [4.69, 9.17) is 4.74 Å². The van der Waals surface area contributed by atoms with Crippen molar-refractivity contribution in [1.29, 1.82) is 0 Å². The van der Waals surface area contributed by atoms with E-state index in [1.165, 1.54) is 0 Å². The molecule has 1 heterocycles. The summed E-state index contributed by atoms with van der Waals surface area (Å²) in [5, 5.41) is 3.59. The monoisotopic (exact) mass is 291 g/mol. The van der Waals surface area contributed by atoms with Crippen LogP contribution >= 0.6 is 0 Å². The molecule has 1 aliphatic rings. The van der Waals surface area contributed by atoms with Crippen molar-refractivity contribution in [2.75, 3.05) is 30.9 Å². The summed E-state index contributed by atoms with van der Waals surface area (Å²) in [4.78, 5) is 6.45. The van der Waals surface area contributed by atoms with Gasteiger partial charge in [0.05, 0.1) is 18.0 Å². The summed E-state index contributed by atoms with van der Waals surface area (Å²) >= 11 is 0. The molecule has 0 saturated heterocycles. The zero-order valence-electron chi connectivity index (χ0n) is 14.2. The molecule has 1 fully saturated rings. The molecule has 1 aromatic rings. The predicted molar refractivity (Wildman–Crippen MR) is 89.0 cm³/mol. The second-order valence-corrected chi connectivity index (χ2v) is 7.27. The molecule has 0 amide bonds. The van der Waals surface area contributed by atoms with Gasteiger partial charge >= 0.3 is 0 Å². The van der Waals surface area contributed by atoms with Crippen molar-refractivity contribution in [2.24, 2.45) is 11.3 Å². The van der Waals surface area contributed by atoms with E-state index in [-0.39, 0.29) is 5.41 Å². The van der Waals surface area contributed by atoms with Crippen LogP contribution in [-0.2, 0) is 4.74 Å². The van der Waals surface area contributed by atoms with Crippen molar-refractivity contribution < 1.29 is 4.74 Å². The lowest BCUT2D eigenvalue weighted by atomic mass is 9.64. The molecule has 1 aromatic heterocycles. The Bertz CT molecular complexity index is 454. The molecule has 0 aliphatic heterocycles. The predicted octanol–water partition coefficient (Wildman–Crippen LogP) is 3.40. The van der Waals surface area contributed by atoms with Crippen LogP contribution in [0.4, 0.5) is 11.5 Å². The number of nitrogens with one attached hydrogen (secondary N) is 1. The molecule has 4 heteroatoms. The SMILES string of the molecule is CC(C)COC1CC(Nc2ccc(N(C)C)nc2)C1(C)C. The summed E-state index contributed by atoms with van der Waals surface area (Å²) in [5.74, 6) is 1.57. The van der Waals surface area contributed by atoms with E-state index in [9.17, 15) is 0 Å². The molecule has 0 aromatic carbocycles. The van der Waals surface area contributed by atoms with Crippen LogP contribution < -0.4 is 10.2 Å². The lowest BCUT2D eigenvalue weighted by molar-refractivity contribution is -0.108. The highest BCUT2D eigenvalue weighted by Gasteiger charge is 2.49. The molecule has 1 aliphatic carbocycles. The van der Waals surface area contributed by atoms with Crippen molar-refractivity contribution in [3.05, 3.63) is 18.3 Å². The van der Waals surface area contributed by atoms with E-state index in [1.807, 2.05) is 31.3 Å². The normalized spacial score (nSPS) is 23.8. The van der Waals surface area contributed by atoms with E-state index in [0.29, 0.717) is 18.1 Å². The second-order valence-electron chi connectivity index (χ2n) is 7.27. The van der Waals surface area contributed by atoms with Gasteiger partial charge in [-0.05, 0) is 24.5 Å². The summed E-state index contributed by atoms with van der Waals surface area (Å²) in [5.41, 5.74) is 1.25. The highest BCUT2D eigenvalue weighted by molar-refractivity contribution is 5.49. The summed E-state index contributed by atoms with van der Waals surface area (Å²) in [7, 11) is 4.00. The minimum atomic E-state index is 0.162. The number of hydrogen-bond acceptors (Lipinski definition) is 4. The van der Waals surface area contributed by atoms with Gasteiger partial charge in [0.2, 0.25) is 0 Å². The van der Waals surface area contributed by atoms with Crippen LogP contribution in [0.25, 0.3) is 0 Å². The lowest BCUT2D eigenvalue weighted by Gasteiger charge is -2.52. The van der Waals surface area contributed by atoms with E-state index >= 15 is 0 Å². The number of aromatic nitrogens is 1. The van der Waals surface area contributed by atoms with Gasteiger partial charge in [-0.15, -0.1) is 0 Å². The molecule has 0 spiro atoms. The van der Waals surface area contributed by atoms with E-state index < -0.39 is 0 Å². The smallest absolute Gasteiger partial charge is 0.128 e. The number of ether oxygens (including phenoxy) is 1. The quantitative estimate of drug-likeness (QED) is 0.871. The van der Waals surface area contributed by atoms with Crippen LogP contribution in [0.1, 0.15) is 34.1 Å². The Morgan fingerprint density at radius 1 is 1.38 bits per heavy atom. The minimum absolute atomic E-state index is 0.162. The van der Waals surface area contributed by atoms with Gasteiger partial charge in [0.15, 0.2) is 0 Å². The van der Waals surface area contributed by atoms with Gasteiger partial charge in [-0.25, -0.2) is 4.98 Å². The Morgan fingerprint density at radius 3 is 2.57 bits per heavy atom. The fourth-order valence-corrected chi connectivity index (χ4v) is 2.66. The van der Waals surface area contributed by atoms with Gasteiger partial charge in [-0.3, -0.25) is 0 Å². The summed E-state index contributed by atoms with van der Waals surface area (Å²) in [6.45, 7) is 9.79. The molecule has 1 N–H and O–H groups in total. The first kappa shape index (κ1) is 16.1. The van der Waals surface area contributed by atoms with Crippen molar-refractivity contribution in [3.63, 3.8) is 0 Å². The molecule has 21 heavy (non-hydrogen) atoms. The molecule has 2 atom stereocenters. The maximum Gasteiger partial charge on any atom is 0.128 e. The third kappa shape index (κ3) is 3.67. The first-order valence-corrected chi connectivity index (χ1v) is 7.82. The van der Waals surface area contributed by atoms with Crippen LogP contribution in [0.5, 0.6) is 0 Å². The van der Waals surface area contributed by atoms with Crippen LogP contribution in [0, 0.1) is 11.3 Å². The Hall–Kier alpha value is -1.29. The van der Waals surface area contributed by atoms with E-state index in [0.717, 1.165) is 24.5 Å². The number of hydrogen-bond donors (Lipinski definition) is 1. The van der Waals surface area contributed by atoms with Gasteiger partial charge in [0.25, 0.3) is 0 Å². The van der Waals surface area contributed by atoms with Gasteiger partial charge in [0, 0.05) is 32.2 Å².